The zero-order chi connectivity index (χ0) is 13.8. The van der Waals surface area contributed by atoms with Gasteiger partial charge >= 0.3 is 11.8 Å². The van der Waals surface area contributed by atoms with Crippen LogP contribution in [0.25, 0.3) is 0 Å². The van der Waals surface area contributed by atoms with E-state index in [2.05, 4.69) is 5.32 Å². The fourth-order valence-corrected chi connectivity index (χ4v) is 2.02. The van der Waals surface area contributed by atoms with Crippen LogP contribution in [0.15, 0.2) is 18.2 Å². The Balaban J connectivity index is 2.03. The van der Waals surface area contributed by atoms with Crippen LogP contribution >= 0.6 is 23.2 Å². The molecule has 2 rings (SSSR count). The van der Waals surface area contributed by atoms with E-state index in [1.807, 2.05) is 0 Å². The SMILES string of the molecule is O=C(Nc1cc(Cl)ccc1Cl)C(=O)N1CCOCC1. The van der Waals surface area contributed by atoms with Crippen LogP contribution in [0.1, 0.15) is 0 Å². The first kappa shape index (κ1) is 14.1. The molecule has 102 valence electrons. The van der Waals surface area contributed by atoms with Gasteiger partial charge in [-0.25, -0.2) is 0 Å². The second-order valence-corrected chi connectivity index (χ2v) is 4.83. The molecule has 0 saturated carbocycles. The first-order valence-corrected chi connectivity index (χ1v) is 6.46. The molecule has 1 saturated heterocycles. The summed E-state index contributed by atoms with van der Waals surface area (Å²) in [6, 6.07) is 4.65. The third-order valence-electron chi connectivity index (χ3n) is 2.67. The number of carbonyl (C=O) groups is 2. The highest BCUT2D eigenvalue weighted by Crippen LogP contribution is 2.25. The van der Waals surface area contributed by atoms with Crippen LogP contribution < -0.4 is 5.32 Å². The molecule has 1 aliphatic rings. The van der Waals surface area contributed by atoms with Crippen molar-refractivity contribution < 1.29 is 14.3 Å². The molecule has 7 heteroatoms. The van der Waals surface area contributed by atoms with E-state index in [1.165, 1.54) is 11.0 Å². The number of morpholine rings is 1. The van der Waals surface area contributed by atoms with Crippen molar-refractivity contribution in [3.8, 4) is 0 Å². The van der Waals surface area contributed by atoms with Crippen LogP contribution in [0.2, 0.25) is 10.0 Å². The Kier molecular flexibility index (Phi) is 4.63. The number of carbonyl (C=O) groups excluding carboxylic acids is 2. The van der Waals surface area contributed by atoms with Gasteiger partial charge < -0.3 is 15.0 Å². The van der Waals surface area contributed by atoms with E-state index in [-0.39, 0.29) is 0 Å². The van der Waals surface area contributed by atoms with Crippen LogP contribution in [-0.2, 0) is 14.3 Å². The molecule has 5 nitrogen and oxygen atoms in total. The zero-order valence-corrected chi connectivity index (χ0v) is 11.5. The zero-order valence-electron chi connectivity index (χ0n) is 9.99. The van der Waals surface area contributed by atoms with Crippen LogP contribution in [0.4, 0.5) is 5.69 Å². The van der Waals surface area contributed by atoms with Crippen LogP contribution in [0, 0.1) is 0 Å². The minimum absolute atomic E-state index is 0.320. The molecule has 0 bridgehead atoms. The molecule has 0 atom stereocenters. The highest BCUT2D eigenvalue weighted by Gasteiger charge is 2.24. The first-order chi connectivity index (χ1) is 9.08. The number of hydrogen-bond donors (Lipinski definition) is 1. The van der Waals surface area contributed by atoms with Crippen LogP contribution in [0.5, 0.6) is 0 Å². The molecular weight excluding hydrogens is 291 g/mol. The number of nitrogens with zero attached hydrogens (tertiary/aromatic N) is 1. The lowest BCUT2D eigenvalue weighted by Gasteiger charge is -2.26. The van der Waals surface area contributed by atoms with Crippen LogP contribution in [0.3, 0.4) is 0 Å². The van der Waals surface area contributed by atoms with Gasteiger partial charge in [-0.05, 0) is 18.2 Å². The maximum absolute atomic E-state index is 11.9. The van der Waals surface area contributed by atoms with Gasteiger partial charge in [0, 0.05) is 18.1 Å². The summed E-state index contributed by atoms with van der Waals surface area (Å²) in [6.45, 7) is 1.71. The highest BCUT2D eigenvalue weighted by atomic mass is 35.5. The average Bonchev–Trinajstić information content (AvgIpc) is 2.43. The van der Waals surface area contributed by atoms with E-state index in [9.17, 15) is 9.59 Å². The van der Waals surface area contributed by atoms with Crippen molar-refractivity contribution in [3.05, 3.63) is 28.2 Å². The Labute approximate surface area is 120 Å². The van der Waals surface area contributed by atoms with E-state index in [1.54, 1.807) is 12.1 Å². The largest absolute Gasteiger partial charge is 0.378 e. The summed E-state index contributed by atoms with van der Waals surface area (Å²) in [5, 5.41) is 3.22. The van der Waals surface area contributed by atoms with Gasteiger partial charge in [0.05, 0.1) is 23.9 Å². The summed E-state index contributed by atoms with van der Waals surface area (Å²) in [5.41, 5.74) is 0.320. The molecule has 2 amide bonds. The number of anilines is 1. The summed E-state index contributed by atoms with van der Waals surface area (Å²) in [4.78, 5) is 25.2. The lowest BCUT2D eigenvalue weighted by Crippen LogP contribution is -2.45. The number of nitrogens with one attached hydrogen (secondary N) is 1. The molecule has 0 aliphatic carbocycles. The summed E-state index contributed by atoms with van der Waals surface area (Å²) in [6.07, 6.45) is 0. The topological polar surface area (TPSA) is 58.6 Å². The quantitative estimate of drug-likeness (QED) is 0.805. The Hall–Kier alpha value is -1.30. The smallest absolute Gasteiger partial charge is 0.313 e. The molecule has 19 heavy (non-hydrogen) atoms. The number of ether oxygens (including phenoxy) is 1. The van der Waals surface area contributed by atoms with Crippen molar-refractivity contribution in [2.45, 2.75) is 0 Å². The average molecular weight is 303 g/mol. The number of hydrogen-bond acceptors (Lipinski definition) is 3. The Morgan fingerprint density at radius 3 is 2.58 bits per heavy atom. The number of halogens is 2. The Morgan fingerprint density at radius 1 is 1.21 bits per heavy atom. The molecule has 1 aliphatic heterocycles. The molecule has 0 spiro atoms. The molecule has 1 aromatic rings. The van der Waals surface area contributed by atoms with Gasteiger partial charge in [-0.1, -0.05) is 23.2 Å². The highest BCUT2D eigenvalue weighted by molar-refractivity contribution is 6.42. The summed E-state index contributed by atoms with van der Waals surface area (Å²) >= 11 is 11.7. The third kappa shape index (κ3) is 3.59. The van der Waals surface area contributed by atoms with E-state index in [4.69, 9.17) is 27.9 Å². The number of benzene rings is 1. The Bertz CT molecular complexity index is 502. The van der Waals surface area contributed by atoms with Crippen molar-refractivity contribution >= 4 is 40.7 Å². The fourth-order valence-electron chi connectivity index (χ4n) is 1.68. The molecule has 0 radical (unpaired) electrons. The van der Waals surface area contributed by atoms with Gasteiger partial charge in [-0.2, -0.15) is 0 Å². The summed E-state index contributed by atoms with van der Waals surface area (Å²) in [7, 11) is 0. The summed E-state index contributed by atoms with van der Waals surface area (Å²) < 4.78 is 5.12. The van der Waals surface area contributed by atoms with Gasteiger partial charge in [0.25, 0.3) is 0 Å². The van der Waals surface area contributed by atoms with E-state index >= 15 is 0 Å². The molecule has 1 heterocycles. The van der Waals surface area contributed by atoms with E-state index < -0.39 is 11.8 Å². The molecule has 0 unspecified atom stereocenters. The van der Waals surface area contributed by atoms with Gasteiger partial charge in [-0.3, -0.25) is 9.59 Å². The predicted octanol–water partition coefficient (Wildman–Crippen LogP) is 1.79. The molecule has 1 aromatic carbocycles. The fraction of sp³-hybridized carbons (Fsp3) is 0.333. The maximum atomic E-state index is 11.9. The molecular formula is C12H12Cl2N2O3. The number of rotatable bonds is 1. The van der Waals surface area contributed by atoms with Crippen molar-refractivity contribution in [1.29, 1.82) is 0 Å². The molecule has 1 N–H and O–H groups in total. The monoisotopic (exact) mass is 302 g/mol. The van der Waals surface area contributed by atoms with Gasteiger partial charge in [0.2, 0.25) is 0 Å². The summed E-state index contributed by atoms with van der Waals surface area (Å²) in [5.74, 6) is -1.33. The van der Waals surface area contributed by atoms with Gasteiger partial charge in [0.15, 0.2) is 0 Å². The van der Waals surface area contributed by atoms with Gasteiger partial charge in [0.1, 0.15) is 0 Å². The van der Waals surface area contributed by atoms with Crippen molar-refractivity contribution in [2.24, 2.45) is 0 Å². The van der Waals surface area contributed by atoms with Crippen LogP contribution in [-0.4, -0.2) is 43.0 Å². The standard InChI is InChI=1S/C12H12Cl2N2O3/c13-8-1-2-9(14)10(7-8)15-11(17)12(18)16-3-5-19-6-4-16/h1-2,7H,3-6H2,(H,15,17). The van der Waals surface area contributed by atoms with E-state index in [0.717, 1.165) is 0 Å². The van der Waals surface area contributed by atoms with Crippen molar-refractivity contribution in [1.82, 2.24) is 4.90 Å². The normalized spacial score (nSPS) is 15.2. The Morgan fingerprint density at radius 2 is 1.89 bits per heavy atom. The second-order valence-electron chi connectivity index (χ2n) is 3.98. The number of amides is 2. The van der Waals surface area contributed by atoms with E-state index in [0.29, 0.717) is 42.0 Å². The lowest BCUT2D eigenvalue weighted by atomic mass is 10.3. The molecule has 0 aromatic heterocycles. The minimum atomic E-state index is -0.730. The first-order valence-electron chi connectivity index (χ1n) is 5.71. The van der Waals surface area contributed by atoms with Crippen molar-refractivity contribution in [3.63, 3.8) is 0 Å². The lowest BCUT2D eigenvalue weighted by molar-refractivity contribution is -0.145. The van der Waals surface area contributed by atoms with Gasteiger partial charge in [-0.15, -0.1) is 0 Å². The third-order valence-corrected chi connectivity index (χ3v) is 3.23. The predicted molar refractivity (Wildman–Crippen MR) is 72.5 cm³/mol. The maximum Gasteiger partial charge on any atom is 0.313 e. The minimum Gasteiger partial charge on any atom is -0.378 e. The van der Waals surface area contributed by atoms with Crippen molar-refractivity contribution in [2.75, 3.05) is 31.6 Å². The second kappa shape index (κ2) is 6.23. The molecule has 1 fully saturated rings.